The summed E-state index contributed by atoms with van der Waals surface area (Å²) in [6, 6.07) is 23.1. The number of pyridine rings is 2. The monoisotopic (exact) mass is 451 g/mol. The summed E-state index contributed by atoms with van der Waals surface area (Å²) < 4.78 is 27.8. The lowest BCUT2D eigenvalue weighted by atomic mass is 9.84. The molecule has 3 nitrogen and oxygen atoms in total. The molecule has 0 saturated carbocycles. The Bertz CT molecular complexity index is 1420. The molecule has 5 rings (SSSR count). The molecule has 4 aromatic rings. The third kappa shape index (κ3) is 4.01. The van der Waals surface area contributed by atoms with Crippen LogP contribution in [0.5, 0.6) is 0 Å². The van der Waals surface area contributed by atoms with E-state index in [1.807, 2.05) is 74.7 Å². The molecule has 0 unspecified atom stereocenters. The van der Waals surface area contributed by atoms with Gasteiger partial charge in [-0.2, -0.15) is 0 Å². The number of aromatic nitrogens is 2. The summed E-state index contributed by atoms with van der Waals surface area (Å²) in [6.07, 6.45) is 8.07. The van der Waals surface area contributed by atoms with Crippen LogP contribution in [0.25, 0.3) is 17.3 Å². The summed E-state index contributed by atoms with van der Waals surface area (Å²) in [5.41, 5.74) is 3.88. The standard InChI is InChI=1S/C29H23F2N3/c1-29(2,26-13-7-11-24(32-26)22-17-16-21(30)19-23(22)31)27-14-8-15-28(33-27)34-18-6-5-10-20-9-3-4-12-25(20)34/h3-19H,1-2H3. The van der Waals surface area contributed by atoms with Crippen LogP contribution in [0, 0.1) is 11.6 Å². The molecule has 0 bridgehead atoms. The van der Waals surface area contributed by atoms with Crippen LogP contribution in [0.2, 0.25) is 0 Å². The van der Waals surface area contributed by atoms with Crippen LogP contribution in [0.4, 0.5) is 20.3 Å². The van der Waals surface area contributed by atoms with Gasteiger partial charge in [0.15, 0.2) is 0 Å². The summed E-state index contributed by atoms with van der Waals surface area (Å²) in [4.78, 5) is 11.8. The van der Waals surface area contributed by atoms with Gasteiger partial charge in [0.2, 0.25) is 0 Å². The largest absolute Gasteiger partial charge is 0.301 e. The number of para-hydroxylation sites is 1. The van der Waals surface area contributed by atoms with E-state index in [0.717, 1.165) is 34.5 Å². The van der Waals surface area contributed by atoms with Crippen molar-refractivity contribution in [2.45, 2.75) is 19.3 Å². The molecular formula is C29H23F2N3. The molecule has 0 N–H and O–H groups in total. The van der Waals surface area contributed by atoms with Crippen molar-refractivity contribution < 1.29 is 8.78 Å². The zero-order valence-corrected chi connectivity index (χ0v) is 18.9. The Morgan fingerprint density at radius 1 is 0.765 bits per heavy atom. The number of fused-ring (bicyclic) bond motifs is 1. The lowest BCUT2D eigenvalue weighted by Gasteiger charge is -2.27. The van der Waals surface area contributed by atoms with Gasteiger partial charge in [0.25, 0.3) is 0 Å². The molecule has 0 fully saturated rings. The first kappa shape index (κ1) is 21.7. The van der Waals surface area contributed by atoms with Crippen molar-refractivity contribution in [3.05, 3.63) is 126 Å². The normalized spacial score (nSPS) is 13.0. The zero-order valence-electron chi connectivity index (χ0n) is 18.9. The quantitative estimate of drug-likeness (QED) is 0.323. The summed E-state index contributed by atoms with van der Waals surface area (Å²) in [7, 11) is 0. The van der Waals surface area contributed by atoms with E-state index in [1.54, 1.807) is 6.07 Å². The number of halogens is 2. The predicted octanol–water partition coefficient (Wildman–Crippen LogP) is 7.43. The molecule has 2 aromatic carbocycles. The highest BCUT2D eigenvalue weighted by Gasteiger charge is 2.28. The maximum atomic E-state index is 14.4. The fraction of sp³-hybridized carbons (Fsp3) is 0.103. The fourth-order valence-corrected chi connectivity index (χ4v) is 4.09. The first-order valence-corrected chi connectivity index (χ1v) is 11.1. The number of benzene rings is 2. The number of allylic oxidation sites excluding steroid dienone is 2. The molecule has 0 aliphatic carbocycles. The Hall–Kier alpha value is -4.12. The SMILES string of the molecule is CC(C)(c1cccc(-c2ccc(F)cc2F)n1)c1cccc(N2C=CC=Cc3ccccc32)n1. The zero-order chi connectivity index (χ0) is 23.7. The molecule has 5 heteroatoms. The molecule has 2 aromatic heterocycles. The molecule has 168 valence electrons. The van der Waals surface area contributed by atoms with Crippen molar-refractivity contribution in [1.82, 2.24) is 9.97 Å². The van der Waals surface area contributed by atoms with Gasteiger partial charge >= 0.3 is 0 Å². The minimum atomic E-state index is -0.636. The van der Waals surface area contributed by atoms with E-state index in [9.17, 15) is 8.78 Å². The van der Waals surface area contributed by atoms with Crippen LogP contribution < -0.4 is 4.90 Å². The Labute approximate surface area is 197 Å². The molecule has 0 amide bonds. The third-order valence-electron chi connectivity index (χ3n) is 6.04. The molecule has 0 spiro atoms. The number of rotatable bonds is 4. The van der Waals surface area contributed by atoms with E-state index in [0.29, 0.717) is 5.69 Å². The number of hydrogen-bond acceptors (Lipinski definition) is 3. The third-order valence-corrected chi connectivity index (χ3v) is 6.04. The van der Waals surface area contributed by atoms with Crippen LogP contribution in [-0.2, 0) is 5.41 Å². The molecule has 3 heterocycles. The van der Waals surface area contributed by atoms with Gasteiger partial charge < -0.3 is 4.90 Å². The van der Waals surface area contributed by atoms with Crippen molar-refractivity contribution in [1.29, 1.82) is 0 Å². The summed E-state index contributed by atoms with van der Waals surface area (Å²) in [5.74, 6) is -0.459. The van der Waals surface area contributed by atoms with Crippen molar-refractivity contribution in [3.8, 4) is 11.3 Å². The van der Waals surface area contributed by atoms with Crippen LogP contribution in [0.3, 0.4) is 0 Å². The van der Waals surface area contributed by atoms with Crippen molar-refractivity contribution >= 4 is 17.6 Å². The van der Waals surface area contributed by atoms with Gasteiger partial charge in [0.1, 0.15) is 17.5 Å². The topological polar surface area (TPSA) is 29.0 Å². The van der Waals surface area contributed by atoms with E-state index in [2.05, 4.69) is 23.1 Å². The fourth-order valence-electron chi connectivity index (χ4n) is 4.09. The number of hydrogen-bond donors (Lipinski definition) is 0. The molecular weight excluding hydrogens is 428 g/mol. The lowest BCUT2D eigenvalue weighted by molar-refractivity contribution is 0.583. The molecule has 0 saturated heterocycles. The highest BCUT2D eigenvalue weighted by Crippen LogP contribution is 2.35. The van der Waals surface area contributed by atoms with Crippen molar-refractivity contribution in [2.24, 2.45) is 0 Å². The average molecular weight is 452 g/mol. The van der Waals surface area contributed by atoms with Crippen LogP contribution in [-0.4, -0.2) is 9.97 Å². The molecule has 0 atom stereocenters. The van der Waals surface area contributed by atoms with Gasteiger partial charge in [-0.25, -0.2) is 13.8 Å². The molecule has 0 radical (unpaired) electrons. The minimum Gasteiger partial charge on any atom is -0.301 e. The number of nitrogens with zero attached hydrogens (tertiary/aromatic N) is 3. The lowest BCUT2D eigenvalue weighted by Crippen LogP contribution is -2.23. The van der Waals surface area contributed by atoms with Crippen molar-refractivity contribution in [3.63, 3.8) is 0 Å². The first-order valence-electron chi connectivity index (χ1n) is 11.1. The predicted molar refractivity (Wildman–Crippen MR) is 133 cm³/mol. The Balaban J connectivity index is 1.54. The van der Waals surface area contributed by atoms with E-state index in [-0.39, 0.29) is 5.56 Å². The van der Waals surface area contributed by atoms with Gasteiger partial charge in [-0.05, 0) is 68.0 Å². The second kappa shape index (κ2) is 8.67. The Morgan fingerprint density at radius 2 is 1.53 bits per heavy atom. The van der Waals surface area contributed by atoms with Gasteiger partial charge in [0.05, 0.1) is 22.8 Å². The molecule has 34 heavy (non-hydrogen) atoms. The highest BCUT2D eigenvalue weighted by molar-refractivity contribution is 5.76. The smallest absolute Gasteiger partial charge is 0.137 e. The van der Waals surface area contributed by atoms with Crippen LogP contribution in [0.15, 0.2) is 97.2 Å². The van der Waals surface area contributed by atoms with Gasteiger partial charge in [-0.3, -0.25) is 4.98 Å². The average Bonchev–Trinajstić information content (AvgIpc) is 3.07. The van der Waals surface area contributed by atoms with Gasteiger partial charge in [-0.15, -0.1) is 0 Å². The van der Waals surface area contributed by atoms with Crippen LogP contribution in [0.1, 0.15) is 30.8 Å². The van der Waals surface area contributed by atoms with E-state index >= 15 is 0 Å². The highest BCUT2D eigenvalue weighted by atomic mass is 19.1. The van der Waals surface area contributed by atoms with E-state index in [4.69, 9.17) is 9.97 Å². The Kier molecular flexibility index (Phi) is 5.54. The summed E-state index contributed by atoms with van der Waals surface area (Å²) >= 11 is 0. The van der Waals surface area contributed by atoms with E-state index < -0.39 is 17.0 Å². The van der Waals surface area contributed by atoms with Gasteiger partial charge in [-0.1, -0.05) is 42.5 Å². The summed E-state index contributed by atoms with van der Waals surface area (Å²) in [6.45, 7) is 4.08. The summed E-state index contributed by atoms with van der Waals surface area (Å²) in [5, 5.41) is 0. The maximum absolute atomic E-state index is 14.4. The number of anilines is 2. The maximum Gasteiger partial charge on any atom is 0.137 e. The van der Waals surface area contributed by atoms with Crippen molar-refractivity contribution in [2.75, 3.05) is 4.90 Å². The first-order chi connectivity index (χ1) is 16.4. The molecule has 1 aliphatic heterocycles. The second-order valence-electron chi connectivity index (χ2n) is 8.67. The Morgan fingerprint density at radius 3 is 2.35 bits per heavy atom. The van der Waals surface area contributed by atoms with Gasteiger partial charge in [0, 0.05) is 23.2 Å². The van der Waals surface area contributed by atoms with E-state index in [1.165, 1.54) is 12.1 Å². The second-order valence-corrected chi connectivity index (χ2v) is 8.67. The van der Waals surface area contributed by atoms with Crippen LogP contribution >= 0.6 is 0 Å². The minimum absolute atomic E-state index is 0.263. The molecule has 1 aliphatic rings.